The summed E-state index contributed by atoms with van der Waals surface area (Å²) in [6.07, 6.45) is 0. The van der Waals surface area contributed by atoms with Gasteiger partial charge in [-0.25, -0.2) is 4.98 Å². The molecule has 2 aromatic carbocycles. The van der Waals surface area contributed by atoms with Gasteiger partial charge in [-0.1, -0.05) is 47.4 Å². The van der Waals surface area contributed by atoms with Gasteiger partial charge in [0, 0.05) is 0 Å². The number of anilines is 2. The highest BCUT2D eigenvalue weighted by atomic mass is 32.2. The monoisotopic (exact) mass is 397 g/mol. The third kappa shape index (κ3) is 3.93. The molecule has 7 nitrogen and oxygen atoms in total. The maximum Gasteiger partial charge on any atom is 0.258 e. The molecule has 2 N–H and O–H groups in total. The summed E-state index contributed by atoms with van der Waals surface area (Å²) >= 11 is 2.90. The van der Waals surface area contributed by atoms with Gasteiger partial charge in [-0.3, -0.25) is 4.79 Å². The van der Waals surface area contributed by atoms with E-state index in [1.807, 2.05) is 42.5 Å². The fourth-order valence-corrected chi connectivity index (χ4v) is 4.15. The van der Waals surface area contributed by atoms with Gasteiger partial charge in [0.15, 0.2) is 4.34 Å². The van der Waals surface area contributed by atoms with Crippen molar-refractivity contribution in [3.8, 4) is 5.75 Å². The zero-order valence-electron chi connectivity index (χ0n) is 14.3. The number of ether oxygens (including phenoxy) is 1. The summed E-state index contributed by atoms with van der Waals surface area (Å²) in [5.74, 6) is 1.85. The van der Waals surface area contributed by atoms with Crippen LogP contribution in [-0.2, 0) is 5.75 Å². The van der Waals surface area contributed by atoms with E-state index < -0.39 is 0 Å². The molecule has 2 aromatic heterocycles. The first-order valence-electron chi connectivity index (χ1n) is 8.07. The van der Waals surface area contributed by atoms with E-state index in [1.54, 1.807) is 13.2 Å². The second-order valence-corrected chi connectivity index (χ2v) is 7.72. The van der Waals surface area contributed by atoms with Gasteiger partial charge in [0.2, 0.25) is 5.13 Å². The van der Waals surface area contributed by atoms with Crippen molar-refractivity contribution in [2.75, 3.05) is 12.4 Å². The second-order valence-electron chi connectivity index (χ2n) is 5.52. The van der Waals surface area contributed by atoms with Crippen LogP contribution in [-0.4, -0.2) is 27.3 Å². The molecule has 0 saturated carbocycles. The second kappa shape index (κ2) is 7.77. The maximum absolute atomic E-state index is 12.1. The van der Waals surface area contributed by atoms with E-state index in [0.29, 0.717) is 27.6 Å². The molecule has 2 heterocycles. The molecule has 27 heavy (non-hydrogen) atoms. The Balaban J connectivity index is 1.46. The zero-order valence-corrected chi connectivity index (χ0v) is 15.9. The predicted molar refractivity (Wildman–Crippen MR) is 108 cm³/mol. The molecule has 0 spiro atoms. The Morgan fingerprint density at radius 3 is 2.85 bits per heavy atom. The lowest BCUT2D eigenvalue weighted by molar-refractivity contribution is 0.417. The van der Waals surface area contributed by atoms with Crippen molar-refractivity contribution in [2.45, 2.75) is 10.1 Å². The SMILES string of the molecule is COc1ccccc1Nc1nnc(SCc2nc3ccccc3c(=O)[nH]2)s1. The van der Waals surface area contributed by atoms with E-state index in [4.69, 9.17) is 4.74 Å². The van der Waals surface area contributed by atoms with E-state index in [1.165, 1.54) is 23.1 Å². The van der Waals surface area contributed by atoms with Crippen LogP contribution in [0, 0.1) is 0 Å². The molecule has 4 aromatic rings. The van der Waals surface area contributed by atoms with Crippen LogP contribution in [0.25, 0.3) is 10.9 Å². The molecule has 4 rings (SSSR count). The minimum atomic E-state index is -0.132. The Labute approximate surface area is 162 Å². The average Bonchev–Trinajstić information content (AvgIpc) is 3.14. The molecule has 0 atom stereocenters. The van der Waals surface area contributed by atoms with Gasteiger partial charge in [0.25, 0.3) is 5.56 Å². The van der Waals surface area contributed by atoms with E-state index in [0.717, 1.165) is 15.8 Å². The standard InChI is InChI=1S/C18H15N5O2S2/c1-25-14-9-5-4-8-13(14)20-17-22-23-18(27-17)26-10-15-19-12-7-3-2-6-11(12)16(24)21-15/h2-9H,10H2,1H3,(H,20,22)(H,19,21,24). The van der Waals surface area contributed by atoms with Crippen LogP contribution < -0.4 is 15.6 Å². The smallest absolute Gasteiger partial charge is 0.258 e. The number of aromatic amines is 1. The van der Waals surface area contributed by atoms with Crippen molar-refractivity contribution in [2.24, 2.45) is 0 Å². The number of hydrogen-bond donors (Lipinski definition) is 2. The number of benzene rings is 2. The molecule has 0 aliphatic rings. The third-order valence-corrected chi connectivity index (χ3v) is 5.73. The Hall–Kier alpha value is -2.91. The maximum atomic E-state index is 12.1. The first-order chi connectivity index (χ1) is 13.2. The highest BCUT2D eigenvalue weighted by molar-refractivity contribution is 8.00. The van der Waals surface area contributed by atoms with Gasteiger partial charge in [0.05, 0.1) is 29.5 Å². The fraction of sp³-hybridized carbons (Fsp3) is 0.111. The lowest BCUT2D eigenvalue weighted by atomic mass is 10.2. The minimum Gasteiger partial charge on any atom is -0.495 e. The number of fused-ring (bicyclic) bond motifs is 1. The molecule has 0 unspecified atom stereocenters. The number of methoxy groups -OCH3 is 1. The van der Waals surface area contributed by atoms with Gasteiger partial charge < -0.3 is 15.0 Å². The Morgan fingerprint density at radius 1 is 1.15 bits per heavy atom. The van der Waals surface area contributed by atoms with Crippen LogP contribution in [0.15, 0.2) is 57.7 Å². The van der Waals surface area contributed by atoms with Crippen molar-refractivity contribution in [1.29, 1.82) is 0 Å². The molecular weight excluding hydrogens is 382 g/mol. The molecule has 0 aliphatic heterocycles. The van der Waals surface area contributed by atoms with Crippen molar-refractivity contribution in [3.63, 3.8) is 0 Å². The lowest BCUT2D eigenvalue weighted by Crippen LogP contribution is -2.11. The van der Waals surface area contributed by atoms with Gasteiger partial charge in [-0.15, -0.1) is 10.2 Å². The topological polar surface area (TPSA) is 92.8 Å². The average molecular weight is 397 g/mol. The predicted octanol–water partition coefficient (Wildman–Crippen LogP) is 3.82. The Bertz CT molecular complexity index is 1140. The number of rotatable bonds is 6. The van der Waals surface area contributed by atoms with Crippen molar-refractivity contribution in [1.82, 2.24) is 20.2 Å². The first kappa shape index (κ1) is 17.5. The highest BCUT2D eigenvalue weighted by Crippen LogP contribution is 2.32. The van der Waals surface area contributed by atoms with Crippen LogP contribution in [0.5, 0.6) is 5.75 Å². The van der Waals surface area contributed by atoms with Crippen LogP contribution >= 0.6 is 23.1 Å². The summed E-state index contributed by atoms with van der Waals surface area (Å²) in [7, 11) is 1.62. The number of H-pyrrole nitrogens is 1. The Morgan fingerprint density at radius 2 is 1.96 bits per heavy atom. The normalized spacial score (nSPS) is 10.9. The zero-order chi connectivity index (χ0) is 18.6. The number of nitrogens with one attached hydrogen (secondary N) is 2. The first-order valence-corrected chi connectivity index (χ1v) is 9.87. The molecule has 136 valence electrons. The summed E-state index contributed by atoms with van der Waals surface area (Å²) in [5.41, 5.74) is 1.38. The number of thioether (sulfide) groups is 1. The molecule has 9 heteroatoms. The van der Waals surface area contributed by atoms with Crippen molar-refractivity contribution in [3.05, 3.63) is 64.7 Å². The van der Waals surface area contributed by atoms with E-state index >= 15 is 0 Å². The molecule has 0 aliphatic carbocycles. The quantitative estimate of drug-likeness (QED) is 0.478. The number of aromatic nitrogens is 4. The van der Waals surface area contributed by atoms with Gasteiger partial charge in [-0.05, 0) is 24.3 Å². The van der Waals surface area contributed by atoms with Crippen LogP contribution in [0.2, 0.25) is 0 Å². The third-order valence-electron chi connectivity index (χ3n) is 3.75. The van der Waals surface area contributed by atoms with Crippen LogP contribution in [0.1, 0.15) is 5.82 Å². The minimum absolute atomic E-state index is 0.132. The molecule has 0 radical (unpaired) electrons. The van der Waals surface area contributed by atoms with Crippen LogP contribution in [0.4, 0.5) is 10.8 Å². The highest BCUT2D eigenvalue weighted by Gasteiger charge is 2.10. The number of hydrogen-bond acceptors (Lipinski definition) is 8. The summed E-state index contributed by atoms with van der Waals surface area (Å²) in [6.45, 7) is 0. The largest absolute Gasteiger partial charge is 0.495 e. The van der Waals surface area contributed by atoms with E-state index in [2.05, 4.69) is 25.5 Å². The Kier molecular flexibility index (Phi) is 5.03. The summed E-state index contributed by atoms with van der Waals surface area (Å²) in [6, 6.07) is 14.9. The molecule has 0 saturated heterocycles. The van der Waals surface area contributed by atoms with Crippen molar-refractivity contribution >= 4 is 44.8 Å². The molecule has 0 bridgehead atoms. The molecule has 0 amide bonds. The van der Waals surface area contributed by atoms with Gasteiger partial charge >= 0.3 is 0 Å². The lowest BCUT2D eigenvalue weighted by Gasteiger charge is -2.07. The summed E-state index contributed by atoms with van der Waals surface area (Å²) in [5, 5.41) is 12.8. The summed E-state index contributed by atoms with van der Waals surface area (Å²) in [4.78, 5) is 19.4. The van der Waals surface area contributed by atoms with E-state index in [9.17, 15) is 4.79 Å². The number of para-hydroxylation sites is 3. The van der Waals surface area contributed by atoms with Gasteiger partial charge in [0.1, 0.15) is 11.6 Å². The van der Waals surface area contributed by atoms with Crippen molar-refractivity contribution < 1.29 is 4.74 Å². The molecular formula is C18H15N5O2S2. The fourth-order valence-electron chi connectivity index (χ4n) is 2.52. The van der Waals surface area contributed by atoms with Gasteiger partial charge in [-0.2, -0.15) is 0 Å². The molecule has 0 fully saturated rings. The van der Waals surface area contributed by atoms with E-state index in [-0.39, 0.29) is 5.56 Å². The number of nitrogens with zero attached hydrogens (tertiary/aromatic N) is 3. The summed E-state index contributed by atoms with van der Waals surface area (Å²) < 4.78 is 6.10. The van der Waals surface area contributed by atoms with Crippen LogP contribution in [0.3, 0.4) is 0 Å².